The van der Waals surface area contributed by atoms with Crippen LogP contribution in [0.2, 0.25) is 0 Å². The first-order chi connectivity index (χ1) is 12.8. The molecule has 0 N–H and O–H groups in total. The van der Waals surface area contributed by atoms with Crippen molar-refractivity contribution < 1.29 is 9.47 Å². The maximum Gasteiger partial charge on any atom is 0.118 e. The van der Waals surface area contributed by atoms with Gasteiger partial charge in [-0.2, -0.15) is 0 Å². The second-order valence-electron chi connectivity index (χ2n) is 6.10. The van der Waals surface area contributed by atoms with Gasteiger partial charge in [0.2, 0.25) is 0 Å². The zero-order chi connectivity index (χ0) is 17.9. The summed E-state index contributed by atoms with van der Waals surface area (Å²) >= 11 is 0. The van der Waals surface area contributed by atoms with Gasteiger partial charge < -0.3 is 9.47 Å². The maximum absolute atomic E-state index is 5.29. The minimum Gasteiger partial charge on any atom is -0.497 e. The van der Waals surface area contributed by atoms with Gasteiger partial charge in [-0.3, -0.25) is 0 Å². The van der Waals surface area contributed by atoms with E-state index < -0.39 is 0 Å². The Bertz CT molecular complexity index is 1030. The summed E-state index contributed by atoms with van der Waals surface area (Å²) in [5.41, 5.74) is 4.40. The van der Waals surface area contributed by atoms with Crippen molar-refractivity contribution in [3.05, 3.63) is 84.9 Å². The van der Waals surface area contributed by atoms with Gasteiger partial charge in [-0.05, 0) is 69.4 Å². The van der Waals surface area contributed by atoms with Gasteiger partial charge in [0, 0.05) is 0 Å². The van der Waals surface area contributed by atoms with Crippen LogP contribution in [0.5, 0.6) is 11.5 Å². The Morgan fingerprint density at radius 3 is 1.85 bits per heavy atom. The monoisotopic (exact) mass is 339 g/mol. The Morgan fingerprint density at radius 2 is 1.23 bits per heavy atom. The number of methoxy groups -OCH3 is 2. The van der Waals surface area contributed by atoms with E-state index in [1.165, 1.54) is 10.8 Å². The molecule has 26 heavy (non-hydrogen) atoms. The van der Waals surface area contributed by atoms with Crippen LogP contribution in [0.25, 0.3) is 33.0 Å². The van der Waals surface area contributed by atoms with Gasteiger partial charge in [-0.1, -0.05) is 48.5 Å². The highest BCUT2D eigenvalue weighted by Gasteiger charge is 2.09. The van der Waals surface area contributed by atoms with Crippen LogP contribution in [0.3, 0.4) is 0 Å². The molecule has 0 amide bonds. The Morgan fingerprint density at radius 1 is 0.654 bits per heavy atom. The van der Waals surface area contributed by atoms with E-state index in [2.05, 4.69) is 60.7 Å². The molecule has 4 aromatic rings. The van der Waals surface area contributed by atoms with E-state index in [1.54, 1.807) is 14.2 Å². The Balaban J connectivity index is 1.89. The summed E-state index contributed by atoms with van der Waals surface area (Å²) in [5.74, 6) is 1.70. The minimum atomic E-state index is 0.851. The average molecular weight is 339 g/mol. The Labute approximate surface area is 153 Å². The van der Waals surface area contributed by atoms with E-state index in [4.69, 9.17) is 9.47 Å². The van der Waals surface area contributed by atoms with Gasteiger partial charge in [0.25, 0.3) is 0 Å². The van der Waals surface area contributed by atoms with Gasteiger partial charge in [-0.25, -0.2) is 0 Å². The van der Waals surface area contributed by atoms with E-state index >= 15 is 0 Å². The van der Waals surface area contributed by atoms with Crippen LogP contribution in [-0.2, 0) is 0 Å². The minimum absolute atomic E-state index is 0.851. The lowest BCUT2D eigenvalue weighted by Gasteiger charge is -2.11. The molecule has 1 radical (unpaired) electrons. The molecule has 0 spiro atoms. The summed E-state index contributed by atoms with van der Waals surface area (Å²) < 4.78 is 10.6. The van der Waals surface area contributed by atoms with E-state index in [9.17, 15) is 0 Å². The molecule has 0 saturated carbocycles. The third-order valence-electron chi connectivity index (χ3n) is 4.57. The van der Waals surface area contributed by atoms with Crippen molar-refractivity contribution in [1.82, 2.24) is 0 Å². The predicted octanol–water partition coefficient (Wildman–Crippen LogP) is 5.99. The van der Waals surface area contributed by atoms with Crippen molar-refractivity contribution in [1.29, 1.82) is 0 Å². The van der Waals surface area contributed by atoms with E-state index in [-0.39, 0.29) is 0 Å². The second kappa shape index (κ2) is 6.93. The number of benzene rings is 4. The van der Waals surface area contributed by atoms with Gasteiger partial charge in [0.15, 0.2) is 0 Å². The molecule has 2 heteroatoms. The lowest BCUT2D eigenvalue weighted by atomic mass is 9.93. The molecule has 0 aliphatic heterocycles. The highest BCUT2D eigenvalue weighted by Crippen LogP contribution is 2.34. The summed E-state index contributed by atoms with van der Waals surface area (Å²) in [5, 5.41) is 2.39. The molecule has 0 heterocycles. The molecule has 0 aliphatic rings. The first-order valence-corrected chi connectivity index (χ1v) is 8.52. The van der Waals surface area contributed by atoms with Crippen molar-refractivity contribution >= 4 is 10.8 Å². The smallest absolute Gasteiger partial charge is 0.118 e. The molecule has 2 nitrogen and oxygen atoms in total. The number of hydrogen-bond acceptors (Lipinski definition) is 2. The fourth-order valence-electron chi connectivity index (χ4n) is 3.16. The maximum atomic E-state index is 5.29. The molecule has 0 saturated heterocycles. The fourth-order valence-corrected chi connectivity index (χ4v) is 3.16. The van der Waals surface area contributed by atoms with Crippen LogP contribution < -0.4 is 9.47 Å². The Kier molecular flexibility index (Phi) is 4.32. The van der Waals surface area contributed by atoms with E-state index in [0.29, 0.717) is 0 Å². The number of fused-ring (bicyclic) bond motifs is 1. The molecule has 0 bridgehead atoms. The molecule has 0 fully saturated rings. The summed E-state index contributed by atoms with van der Waals surface area (Å²) in [7, 11) is 3.36. The number of ether oxygens (including phenoxy) is 2. The van der Waals surface area contributed by atoms with Crippen LogP contribution in [0.15, 0.2) is 78.9 Å². The molecule has 4 aromatic carbocycles. The van der Waals surface area contributed by atoms with Crippen LogP contribution in [0.1, 0.15) is 0 Å². The molecule has 0 atom stereocenters. The normalized spacial score (nSPS) is 10.7. The molecular formula is C24H19O2. The zero-order valence-corrected chi connectivity index (χ0v) is 14.8. The third-order valence-corrected chi connectivity index (χ3v) is 4.57. The summed E-state index contributed by atoms with van der Waals surface area (Å²) in [6.07, 6.45) is 0. The standard InChI is InChI=1S/C24H19O2/c1-25-21-11-7-17(8-12-21)20-15-19-5-3-4-6-23(19)24(16-20)18-9-13-22(26-2)14-10-18/h3-15H,1-2H3. The molecule has 127 valence electrons. The topological polar surface area (TPSA) is 18.5 Å². The second-order valence-corrected chi connectivity index (χ2v) is 6.10. The lowest BCUT2D eigenvalue weighted by molar-refractivity contribution is 0.415. The van der Waals surface area contributed by atoms with Crippen LogP contribution in [0, 0.1) is 6.07 Å². The van der Waals surface area contributed by atoms with Crippen molar-refractivity contribution in [2.75, 3.05) is 14.2 Å². The Hall–Kier alpha value is -3.26. The largest absolute Gasteiger partial charge is 0.497 e. The summed E-state index contributed by atoms with van der Waals surface area (Å²) in [6.45, 7) is 0. The lowest BCUT2D eigenvalue weighted by Crippen LogP contribution is -1.88. The zero-order valence-electron chi connectivity index (χ0n) is 14.8. The molecule has 4 rings (SSSR count). The third kappa shape index (κ3) is 3.02. The van der Waals surface area contributed by atoms with Crippen LogP contribution in [-0.4, -0.2) is 14.2 Å². The van der Waals surface area contributed by atoms with Gasteiger partial charge in [0.05, 0.1) is 14.2 Å². The average Bonchev–Trinajstić information content (AvgIpc) is 2.73. The summed E-state index contributed by atoms with van der Waals surface area (Å²) in [4.78, 5) is 0. The first kappa shape index (κ1) is 16.2. The fraction of sp³-hybridized carbons (Fsp3) is 0.0833. The van der Waals surface area contributed by atoms with Crippen LogP contribution in [0.4, 0.5) is 0 Å². The van der Waals surface area contributed by atoms with Gasteiger partial charge in [0.1, 0.15) is 11.5 Å². The quantitative estimate of drug-likeness (QED) is 0.454. The molecular weight excluding hydrogens is 320 g/mol. The number of hydrogen-bond donors (Lipinski definition) is 0. The number of rotatable bonds is 4. The van der Waals surface area contributed by atoms with E-state index in [0.717, 1.165) is 33.8 Å². The van der Waals surface area contributed by atoms with Crippen molar-refractivity contribution in [3.63, 3.8) is 0 Å². The van der Waals surface area contributed by atoms with Crippen molar-refractivity contribution in [2.24, 2.45) is 0 Å². The molecule has 0 aromatic heterocycles. The highest BCUT2D eigenvalue weighted by molar-refractivity contribution is 5.99. The molecule has 0 unspecified atom stereocenters. The van der Waals surface area contributed by atoms with Crippen molar-refractivity contribution in [2.45, 2.75) is 0 Å². The van der Waals surface area contributed by atoms with Gasteiger partial charge in [-0.15, -0.1) is 0 Å². The molecule has 0 aliphatic carbocycles. The SMILES string of the molecule is COc1ccc(-c2[c]c(-c3ccc(OC)cc3)c3ccccc3c2)cc1. The van der Waals surface area contributed by atoms with Crippen LogP contribution >= 0.6 is 0 Å². The van der Waals surface area contributed by atoms with Gasteiger partial charge >= 0.3 is 0 Å². The highest BCUT2D eigenvalue weighted by atomic mass is 16.5. The summed E-state index contributed by atoms with van der Waals surface area (Å²) in [6, 6.07) is 30.4. The van der Waals surface area contributed by atoms with E-state index in [1.807, 2.05) is 24.3 Å². The predicted molar refractivity (Wildman–Crippen MR) is 107 cm³/mol. The van der Waals surface area contributed by atoms with Crippen molar-refractivity contribution in [3.8, 4) is 33.8 Å². The first-order valence-electron chi connectivity index (χ1n) is 8.52.